The van der Waals surface area contributed by atoms with E-state index in [-0.39, 0.29) is 16.7 Å². The van der Waals surface area contributed by atoms with Crippen LogP contribution in [0.15, 0.2) is 42.5 Å². The minimum atomic E-state index is -3.71. The number of carboxylic acids is 1. The van der Waals surface area contributed by atoms with Crippen LogP contribution in [0.25, 0.3) is 0 Å². The third-order valence-corrected chi connectivity index (χ3v) is 10.6. The minimum absolute atomic E-state index is 0.113. The number of benzene rings is 2. The number of hydrogen-bond acceptors (Lipinski definition) is 5. The molecule has 2 aromatic rings. The van der Waals surface area contributed by atoms with Gasteiger partial charge in [-0.1, -0.05) is 41.4 Å². The van der Waals surface area contributed by atoms with Gasteiger partial charge in [0.25, 0.3) is 5.91 Å². The summed E-state index contributed by atoms with van der Waals surface area (Å²) in [4.78, 5) is 27.6. The highest BCUT2D eigenvalue weighted by Crippen LogP contribution is 2.51. The number of amides is 1. The molecule has 212 valence electrons. The van der Waals surface area contributed by atoms with Crippen LogP contribution < -0.4 is 0 Å². The van der Waals surface area contributed by atoms with Gasteiger partial charge in [-0.05, 0) is 81.8 Å². The fourth-order valence-electron chi connectivity index (χ4n) is 5.07. The molecule has 0 radical (unpaired) electrons. The molecule has 2 aromatic carbocycles. The monoisotopic (exact) mass is 599 g/mol. The summed E-state index contributed by atoms with van der Waals surface area (Å²) < 4.78 is 47.0. The van der Waals surface area contributed by atoms with E-state index < -0.39 is 62.5 Å². The fourth-order valence-corrected chi connectivity index (χ4v) is 6.77. The molecule has 4 rings (SSSR count). The van der Waals surface area contributed by atoms with E-state index in [9.17, 15) is 27.5 Å². The molecule has 11 heteroatoms. The Morgan fingerprint density at radius 1 is 1.18 bits per heavy atom. The van der Waals surface area contributed by atoms with Crippen molar-refractivity contribution in [3.8, 4) is 0 Å². The van der Waals surface area contributed by atoms with Gasteiger partial charge in [0.1, 0.15) is 11.9 Å². The molecule has 1 heterocycles. The molecular weight excluding hydrogens is 568 g/mol. The number of nitrogens with zero attached hydrogens (tertiary/aromatic N) is 1. The second-order valence-electron chi connectivity index (χ2n) is 11.5. The number of hydrogen-bond donors (Lipinski definition) is 1. The summed E-state index contributed by atoms with van der Waals surface area (Å²) in [7, 11) is -3.71. The number of sulfone groups is 1. The van der Waals surface area contributed by atoms with Crippen molar-refractivity contribution in [3.05, 3.63) is 69.5 Å². The molecule has 4 atom stereocenters. The van der Waals surface area contributed by atoms with Gasteiger partial charge in [0.15, 0.2) is 15.4 Å². The maximum atomic E-state index is 14.8. The van der Waals surface area contributed by atoms with Gasteiger partial charge >= 0.3 is 5.97 Å². The van der Waals surface area contributed by atoms with E-state index in [0.717, 1.165) is 0 Å². The van der Waals surface area contributed by atoms with Crippen LogP contribution in [0.3, 0.4) is 0 Å². The highest BCUT2D eigenvalue weighted by Gasteiger charge is 2.56. The number of rotatable bonds is 8. The highest BCUT2D eigenvalue weighted by atomic mass is 35.5. The highest BCUT2D eigenvalue weighted by molar-refractivity contribution is 7.92. The zero-order chi connectivity index (χ0) is 28.9. The van der Waals surface area contributed by atoms with Crippen LogP contribution in [-0.2, 0) is 24.2 Å². The van der Waals surface area contributed by atoms with Crippen molar-refractivity contribution in [2.24, 2.45) is 5.92 Å². The Morgan fingerprint density at radius 2 is 1.85 bits per heavy atom. The van der Waals surface area contributed by atoms with Gasteiger partial charge in [0, 0.05) is 11.1 Å². The van der Waals surface area contributed by atoms with Crippen molar-refractivity contribution in [3.63, 3.8) is 0 Å². The third kappa shape index (κ3) is 6.11. The van der Waals surface area contributed by atoms with Crippen molar-refractivity contribution >= 4 is 44.9 Å². The van der Waals surface area contributed by atoms with Crippen molar-refractivity contribution in [1.82, 2.24) is 4.90 Å². The topological polar surface area (TPSA) is 101 Å². The molecular formula is C28H32Cl2FNO6S. The van der Waals surface area contributed by atoms with Gasteiger partial charge < -0.3 is 14.7 Å². The summed E-state index contributed by atoms with van der Waals surface area (Å²) >= 11 is 12.3. The van der Waals surface area contributed by atoms with E-state index in [4.69, 9.17) is 27.9 Å². The van der Waals surface area contributed by atoms with Crippen molar-refractivity contribution < 1.29 is 32.2 Å². The lowest BCUT2D eigenvalue weighted by atomic mass is 9.85. The fraction of sp³-hybridized carbons (Fsp3) is 0.500. The van der Waals surface area contributed by atoms with Gasteiger partial charge in [-0.2, -0.15) is 0 Å². The average molecular weight is 601 g/mol. The van der Waals surface area contributed by atoms with E-state index >= 15 is 0 Å². The number of carbonyl (C=O) groups is 2. The average Bonchev–Trinajstić information content (AvgIpc) is 3.65. The molecule has 0 bridgehead atoms. The van der Waals surface area contributed by atoms with E-state index in [1.54, 1.807) is 51.1 Å². The second kappa shape index (κ2) is 10.7. The van der Waals surface area contributed by atoms with E-state index in [2.05, 4.69) is 0 Å². The predicted octanol–water partition coefficient (Wildman–Crippen LogP) is 6.00. The number of carboxylic acid groups (broad SMARTS) is 1. The summed E-state index contributed by atoms with van der Waals surface area (Å²) in [6.45, 7) is 6.20. The Bertz CT molecular complexity index is 1390. The standard InChI is InChI=1S/C28H32Cl2FNO6S/c1-27(2,3)39(36,37)15-22(16-8-9-16)32-24(17-10-11-20(30)21(31)13-17)25(18-6-5-7-19(29)12-18)38-28(4,26(32)35)14-23(33)34/h5-7,10-13,16,22,24-25H,8-9,14-15H2,1-4H3,(H,33,34)/t22-,24?,25-,28+/m1/s1. The van der Waals surface area contributed by atoms with Gasteiger partial charge in [0.05, 0.1) is 28.0 Å². The first-order valence-electron chi connectivity index (χ1n) is 12.7. The largest absolute Gasteiger partial charge is 0.481 e. The molecule has 1 unspecified atom stereocenters. The molecule has 2 aliphatic rings. The predicted molar refractivity (Wildman–Crippen MR) is 147 cm³/mol. The molecule has 1 saturated carbocycles. The zero-order valence-electron chi connectivity index (χ0n) is 22.2. The quantitative estimate of drug-likeness (QED) is 0.399. The normalized spacial score (nSPS) is 25.0. The first-order chi connectivity index (χ1) is 18.0. The zero-order valence-corrected chi connectivity index (χ0v) is 24.5. The third-order valence-electron chi connectivity index (χ3n) is 7.46. The Kier molecular flexibility index (Phi) is 8.13. The van der Waals surface area contributed by atoms with Gasteiger partial charge in [-0.3, -0.25) is 9.59 Å². The number of ether oxygens (including phenoxy) is 1. The van der Waals surface area contributed by atoms with Crippen molar-refractivity contribution in [2.75, 3.05) is 5.75 Å². The molecule has 0 aromatic heterocycles. The molecule has 7 nitrogen and oxygen atoms in total. The summed E-state index contributed by atoms with van der Waals surface area (Å²) in [6.07, 6.45) is -0.225. The number of morpholine rings is 1. The SMILES string of the molecule is CC(C)(C)S(=O)(=O)C[C@H](C1CC1)N1C(=O)[C@](C)(CC(=O)O)O[C@H](c2cccc(Cl)c2)C1c1ccc(Cl)c(F)c1. The molecule has 1 aliphatic carbocycles. The van der Waals surface area contributed by atoms with Crippen LogP contribution in [0.2, 0.25) is 10.0 Å². The van der Waals surface area contributed by atoms with Gasteiger partial charge in [-0.25, -0.2) is 12.8 Å². The summed E-state index contributed by atoms with van der Waals surface area (Å²) in [6, 6.07) is 9.09. The summed E-state index contributed by atoms with van der Waals surface area (Å²) in [5, 5.41) is 9.98. The number of aliphatic carboxylic acids is 1. The molecule has 1 amide bonds. The summed E-state index contributed by atoms with van der Waals surface area (Å²) in [5.41, 5.74) is -0.949. The minimum Gasteiger partial charge on any atom is -0.481 e. The van der Waals surface area contributed by atoms with E-state index in [1.165, 1.54) is 24.0 Å². The van der Waals surface area contributed by atoms with Crippen LogP contribution in [0.5, 0.6) is 0 Å². The second-order valence-corrected chi connectivity index (χ2v) is 15.2. The van der Waals surface area contributed by atoms with Crippen LogP contribution in [0.4, 0.5) is 4.39 Å². The Labute approximate surface area is 238 Å². The van der Waals surface area contributed by atoms with E-state index in [0.29, 0.717) is 29.0 Å². The first-order valence-corrected chi connectivity index (χ1v) is 15.1. The molecule has 1 N–H and O–H groups in total. The first kappa shape index (κ1) is 29.8. The molecule has 0 spiro atoms. The Morgan fingerprint density at radius 3 is 2.38 bits per heavy atom. The maximum Gasteiger partial charge on any atom is 0.306 e. The number of carbonyl (C=O) groups excluding carboxylic acids is 1. The van der Waals surface area contributed by atoms with Crippen LogP contribution in [0.1, 0.15) is 70.2 Å². The lowest BCUT2D eigenvalue weighted by Crippen LogP contribution is -2.62. The van der Waals surface area contributed by atoms with Gasteiger partial charge in [0.2, 0.25) is 0 Å². The molecule has 1 aliphatic heterocycles. The van der Waals surface area contributed by atoms with E-state index in [1.807, 2.05) is 0 Å². The molecule has 2 fully saturated rings. The summed E-state index contributed by atoms with van der Waals surface area (Å²) in [5.74, 6) is -3.08. The van der Waals surface area contributed by atoms with Gasteiger partial charge in [-0.15, -0.1) is 0 Å². The van der Waals surface area contributed by atoms with Crippen LogP contribution >= 0.6 is 23.2 Å². The maximum absolute atomic E-state index is 14.8. The lowest BCUT2D eigenvalue weighted by Gasteiger charge is -2.52. The lowest BCUT2D eigenvalue weighted by molar-refractivity contribution is -0.206. The van der Waals surface area contributed by atoms with Crippen molar-refractivity contribution in [1.29, 1.82) is 0 Å². The Balaban J connectivity index is 1.97. The molecule has 1 saturated heterocycles. The number of halogens is 3. The van der Waals surface area contributed by atoms with Crippen LogP contribution in [0, 0.1) is 11.7 Å². The Hall–Kier alpha value is -2.20. The smallest absolute Gasteiger partial charge is 0.306 e. The molecule has 39 heavy (non-hydrogen) atoms. The van der Waals surface area contributed by atoms with Crippen LogP contribution in [-0.4, -0.2) is 52.4 Å². The van der Waals surface area contributed by atoms with Crippen molar-refractivity contribution in [2.45, 2.75) is 75.5 Å².